The zero-order valence-corrected chi connectivity index (χ0v) is 14.1. The third kappa shape index (κ3) is 3.65. The van der Waals surface area contributed by atoms with Crippen LogP contribution in [-0.2, 0) is 9.84 Å². The van der Waals surface area contributed by atoms with E-state index in [1.165, 1.54) is 6.42 Å². The molecule has 9 heteroatoms. The predicted octanol–water partition coefficient (Wildman–Crippen LogP) is 1.26. The van der Waals surface area contributed by atoms with Gasteiger partial charge in [-0.2, -0.15) is 0 Å². The number of amides is 2. The van der Waals surface area contributed by atoms with Gasteiger partial charge < -0.3 is 14.2 Å². The number of carbonyl (C=O) groups is 1. The average molecular weight is 342 g/mol. The van der Waals surface area contributed by atoms with Crippen LogP contribution in [-0.4, -0.2) is 66.9 Å². The van der Waals surface area contributed by atoms with Gasteiger partial charge in [0.1, 0.15) is 0 Å². The lowest BCUT2D eigenvalue weighted by Gasteiger charge is -2.36. The highest BCUT2D eigenvalue weighted by atomic mass is 32.2. The van der Waals surface area contributed by atoms with Crippen molar-refractivity contribution in [2.75, 3.05) is 32.4 Å². The first-order valence-electron chi connectivity index (χ1n) is 8.02. The Labute approximate surface area is 135 Å². The Morgan fingerprint density at radius 1 is 1.04 bits per heavy atom. The van der Waals surface area contributed by atoms with Crippen molar-refractivity contribution in [2.45, 2.75) is 43.2 Å². The second-order valence-electron chi connectivity index (χ2n) is 6.27. The molecule has 2 saturated heterocycles. The third-order valence-electron chi connectivity index (χ3n) is 4.48. The highest BCUT2D eigenvalue weighted by Crippen LogP contribution is 2.28. The van der Waals surface area contributed by atoms with E-state index in [1.54, 1.807) is 0 Å². The Morgan fingerprint density at radius 3 is 2.22 bits per heavy atom. The Hall–Kier alpha value is -1.64. The van der Waals surface area contributed by atoms with Crippen LogP contribution in [0.1, 0.15) is 43.9 Å². The van der Waals surface area contributed by atoms with E-state index in [0.29, 0.717) is 31.8 Å². The summed E-state index contributed by atoms with van der Waals surface area (Å²) >= 11 is 0. The molecule has 8 nitrogen and oxygen atoms in total. The quantitative estimate of drug-likeness (QED) is 0.803. The van der Waals surface area contributed by atoms with Gasteiger partial charge in [-0.3, -0.25) is 0 Å². The van der Waals surface area contributed by atoms with Gasteiger partial charge >= 0.3 is 11.3 Å². The van der Waals surface area contributed by atoms with Gasteiger partial charge in [0.2, 0.25) is 15.7 Å². The van der Waals surface area contributed by atoms with Gasteiger partial charge in [0.25, 0.3) is 0 Å². The lowest BCUT2D eigenvalue weighted by molar-refractivity contribution is 0.129. The normalized spacial score (nSPS) is 20.7. The van der Waals surface area contributed by atoms with Gasteiger partial charge in [0.05, 0.1) is 0 Å². The Bertz CT molecular complexity index is 658. The summed E-state index contributed by atoms with van der Waals surface area (Å²) in [5.41, 5.74) is 0. The summed E-state index contributed by atoms with van der Waals surface area (Å²) < 4.78 is 28.1. The summed E-state index contributed by atoms with van der Waals surface area (Å²) in [5, 5.41) is 7.12. The minimum Gasteiger partial charge on any atom is -0.412 e. The zero-order chi connectivity index (χ0) is 16.4. The van der Waals surface area contributed by atoms with Crippen LogP contribution in [0.2, 0.25) is 0 Å². The van der Waals surface area contributed by atoms with E-state index >= 15 is 0 Å². The molecule has 0 aliphatic carbocycles. The fourth-order valence-electron chi connectivity index (χ4n) is 3.14. The summed E-state index contributed by atoms with van der Waals surface area (Å²) in [6, 6.07) is 0.116. The van der Waals surface area contributed by atoms with Crippen molar-refractivity contribution >= 4 is 15.9 Å². The highest BCUT2D eigenvalue weighted by molar-refractivity contribution is 7.90. The van der Waals surface area contributed by atoms with Crippen molar-refractivity contribution < 1.29 is 17.6 Å². The van der Waals surface area contributed by atoms with Crippen LogP contribution in [0.5, 0.6) is 0 Å². The molecule has 0 atom stereocenters. The van der Waals surface area contributed by atoms with Crippen molar-refractivity contribution in [3.8, 4) is 0 Å². The fourth-order valence-corrected chi connectivity index (χ4v) is 3.56. The molecular weight excluding hydrogens is 320 g/mol. The molecule has 2 amide bonds. The van der Waals surface area contributed by atoms with Crippen molar-refractivity contribution in [1.29, 1.82) is 0 Å². The molecule has 0 saturated carbocycles. The van der Waals surface area contributed by atoms with Crippen LogP contribution in [0.15, 0.2) is 9.64 Å². The second-order valence-corrected chi connectivity index (χ2v) is 8.16. The van der Waals surface area contributed by atoms with E-state index in [0.717, 1.165) is 32.2 Å². The number of nitrogens with zero attached hydrogens (tertiary/aromatic N) is 4. The number of likely N-dealkylation sites (tertiary alicyclic amines) is 2. The molecule has 0 aromatic carbocycles. The molecule has 0 N–H and O–H groups in total. The standard InChI is InChI=1S/C14H22N4O4S/c1-23(20,21)13-16-15-12(22-13)11-5-9-18(10-6-11)14(19)17-7-3-2-4-8-17/h11H,2-10H2,1H3. The molecule has 23 heavy (non-hydrogen) atoms. The van der Waals surface area contributed by atoms with Gasteiger partial charge in [0, 0.05) is 38.4 Å². The molecule has 2 fully saturated rings. The zero-order valence-electron chi connectivity index (χ0n) is 13.3. The van der Waals surface area contributed by atoms with Crippen molar-refractivity contribution in [3.63, 3.8) is 0 Å². The topological polar surface area (TPSA) is 96.6 Å². The molecule has 0 spiro atoms. The first-order chi connectivity index (χ1) is 10.9. The van der Waals surface area contributed by atoms with Gasteiger partial charge in [-0.15, -0.1) is 5.10 Å². The average Bonchev–Trinajstić information content (AvgIpc) is 3.05. The molecule has 2 aliphatic heterocycles. The van der Waals surface area contributed by atoms with Gasteiger partial charge in [-0.25, -0.2) is 13.2 Å². The number of urea groups is 1. The molecule has 3 heterocycles. The van der Waals surface area contributed by atoms with Crippen molar-refractivity contribution in [1.82, 2.24) is 20.0 Å². The summed E-state index contributed by atoms with van der Waals surface area (Å²) in [4.78, 5) is 16.3. The highest BCUT2D eigenvalue weighted by Gasteiger charge is 2.30. The lowest BCUT2D eigenvalue weighted by atomic mass is 9.97. The lowest BCUT2D eigenvalue weighted by Crippen LogP contribution is -2.48. The van der Waals surface area contributed by atoms with Crippen molar-refractivity contribution in [3.05, 3.63) is 5.89 Å². The Balaban J connectivity index is 1.58. The smallest absolute Gasteiger partial charge is 0.335 e. The Kier molecular flexibility index (Phi) is 4.56. The van der Waals surface area contributed by atoms with Crippen LogP contribution < -0.4 is 0 Å². The van der Waals surface area contributed by atoms with Crippen LogP contribution in [0.3, 0.4) is 0 Å². The minimum atomic E-state index is -3.47. The van der Waals surface area contributed by atoms with Crippen LogP contribution >= 0.6 is 0 Å². The maximum Gasteiger partial charge on any atom is 0.335 e. The number of rotatable bonds is 2. The van der Waals surface area contributed by atoms with Gasteiger partial charge in [0.15, 0.2) is 0 Å². The molecular formula is C14H22N4O4S. The van der Waals surface area contributed by atoms with E-state index < -0.39 is 9.84 Å². The molecule has 0 radical (unpaired) electrons. The fraction of sp³-hybridized carbons (Fsp3) is 0.786. The van der Waals surface area contributed by atoms with E-state index in [-0.39, 0.29) is 17.2 Å². The van der Waals surface area contributed by atoms with E-state index in [2.05, 4.69) is 10.2 Å². The largest absolute Gasteiger partial charge is 0.412 e. The summed E-state index contributed by atoms with van der Waals surface area (Å²) in [6.45, 7) is 2.97. The Morgan fingerprint density at radius 2 is 1.65 bits per heavy atom. The van der Waals surface area contributed by atoms with Crippen LogP contribution in [0, 0.1) is 0 Å². The summed E-state index contributed by atoms with van der Waals surface area (Å²) in [5.74, 6) is 0.374. The number of hydrogen-bond acceptors (Lipinski definition) is 6. The van der Waals surface area contributed by atoms with Crippen LogP contribution in [0.4, 0.5) is 4.79 Å². The SMILES string of the molecule is CS(=O)(=O)c1nnc(C2CCN(C(=O)N3CCCCC3)CC2)o1. The number of hydrogen-bond donors (Lipinski definition) is 0. The van der Waals surface area contributed by atoms with E-state index in [1.807, 2.05) is 9.80 Å². The number of aromatic nitrogens is 2. The molecule has 0 bridgehead atoms. The summed E-state index contributed by atoms with van der Waals surface area (Å²) in [7, 11) is -3.47. The first kappa shape index (κ1) is 16.2. The molecule has 1 aromatic rings. The maximum absolute atomic E-state index is 12.5. The van der Waals surface area contributed by atoms with Crippen molar-refractivity contribution in [2.24, 2.45) is 0 Å². The summed E-state index contributed by atoms with van der Waals surface area (Å²) in [6.07, 6.45) is 5.84. The molecule has 2 aliphatic rings. The monoisotopic (exact) mass is 342 g/mol. The molecule has 128 valence electrons. The number of piperidine rings is 2. The van der Waals surface area contributed by atoms with Gasteiger partial charge in [-0.1, -0.05) is 5.10 Å². The van der Waals surface area contributed by atoms with E-state index in [9.17, 15) is 13.2 Å². The maximum atomic E-state index is 12.5. The predicted molar refractivity (Wildman–Crippen MR) is 81.8 cm³/mol. The first-order valence-corrected chi connectivity index (χ1v) is 9.91. The number of sulfone groups is 1. The minimum absolute atomic E-state index is 0.0170. The molecule has 0 unspecified atom stereocenters. The third-order valence-corrected chi connectivity index (χ3v) is 5.28. The number of carbonyl (C=O) groups excluding carboxylic acids is 1. The molecule has 1 aromatic heterocycles. The van der Waals surface area contributed by atoms with Gasteiger partial charge in [-0.05, 0) is 32.1 Å². The van der Waals surface area contributed by atoms with E-state index in [4.69, 9.17) is 4.42 Å². The second kappa shape index (κ2) is 6.46. The molecule has 3 rings (SSSR count). The van der Waals surface area contributed by atoms with Crippen LogP contribution in [0.25, 0.3) is 0 Å².